The standard InChI is InChI=1S/C15H22N6O2/c1-2-3-4-23-15-19-13(16)14-18-7-10(21(14)20-15)12(22)11-8-5-17-6-9(8)11/h7-9,11-12,17,22H,2-6H2,1H3,(H2,16,19,20). The molecule has 8 heteroatoms. The second kappa shape index (κ2) is 5.61. The van der Waals surface area contributed by atoms with Crippen molar-refractivity contribution in [2.24, 2.45) is 17.8 Å². The van der Waals surface area contributed by atoms with E-state index in [2.05, 4.69) is 27.3 Å². The summed E-state index contributed by atoms with van der Waals surface area (Å²) in [6.07, 6.45) is 3.02. The van der Waals surface area contributed by atoms with Crippen LogP contribution in [-0.4, -0.2) is 44.4 Å². The third kappa shape index (κ3) is 2.42. The number of aliphatic hydroxyl groups is 1. The molecule has 2 aromatic heterocycles. The number of rotatable bonds is 6. The SMILES string of the molecule is CCCCOc1nc(N)c2ncc(C(O)C3C4CNCC43)n2n1. The molecular formula is C15H22N6O2. The summed E-state index contributed by atoms with van der Waals surface area (Å²) in [7, 11) is 0. The molecule has 2 fully saturated rings. The van der Waals surface area contributed by atoms with Crippen molar-refractivity contribution in [1.82, 2.24) is 24.9 Å². The highest BCUT2D eigenvalue weighted by molar-refractivity contribution is 5.59. The fraction of sp³-hybridized carbons (Fsp3) is 0.667. The number of piperidine rings is 1. The van der Waals surface area contributed by atoms with Crippen LogP contribution in [0.5, 0.6) is 6.01 Å². The van der Waals surface area contributed by atoms with Gasteiger partial charge >= 0.3 is 6.01 Å². The number of anilines is 1. The number of imidazole rings is 1. The van der Waals surface area contributed by atoms with Crippen molar-refractivity contribution in [3.05, 3.63) is 11.9 Å². The van der Waals surface area contributed by atoms with E-state index >= 15 is 0 Å². The maximum Gasteiger partial charge on any atom is 0.336 e. The van der Waals surface area contributed by atoms with Gasteiger partial charge in [0.1, 0.15) is 6.10 Å². The predicted molar refractivity (Wildman–Crippen MR) is 83.9 cm³/mol. The number of nitrogens with one attached hydrogen (secondary N) is 1. The van der Waals surface area contributed by atoms with E-state index < -0.39 is 6.10 Å². The van der Waals surface area contributed by atoms with Gasteiger partial charge < -0.3 is 20.9 Å². The number of nitrogens with two attached hydrogens (primary N) is 1. The van der Waals surface area contributed by atoms with Gasteiger partial charge in [0.2, 0.25) is 0 Å². The fourth-order valence-electron chi connectivity index (χ4n) is 3.60. The van der Waals surface area contributed by atoms with E-state index in [1.54, 1.807) is 10.7 Å². The van der Waals surface area contributed by atoms with Crippen molar-refractivity contribution in [3.8, 4) is 6.01 Å². The van der Waals surface area contributed by atoms with Crippen LogP contribution < -0.4 is 15.8 Å². The third-order valence-electron chi connectivity index (χ3n) is 4.95. The van der Waals surface area contributed by atoms with Gasteiger partial charge in [-0.2, -0.15) is 4.98 Å². The summed E-state index contributed by atoms with van der Waals surface area (Å²) >= 11 is 0. The van der Waals surface area contributed by atoms with Crippen LogP contribution in [0.2, 0.25) is 0 Å². The zero-order valence-corrected chi connectivity index (χ0v) is 13.1. The topological polar surface area (TPSA) is 111 Å². The van der Waals surface area contributed by atoms with Crippen molar-refractivity contribution in [2.75, 3.05) is 25.4 Å². The Morgan fingerprint density at radius 3 is 3.00 bits per heavy atom. The average molecular weight is 318 g/mol. The predicted octanol–water partition coefficient (Wildman–Crippen LogP) is 0.384. The van der Waals surface area contributed by atoms with Crippen molar-refractivity contribution in [2.45, 2.75) is 25.9 Å². The van der Waals surface area contributed by atoms with Crippen molar-refractivity contribution < 1.29 is 9.84 Å². The van der Waals surface area contributed by atoms with Gasteiger partial charge in [0.15, 0.2) is 11.5 Å². The highest BCUT2D eigenvalue weighted by Gasteiger charge is 2.56. The fourth-order valence-corrected chi connectivity index (χ4v) is 3.60. The van der Waals surface area contributed by atoms with Gasteiger partial charge in [-0.25, -0.2) is 9.50 Å². The molecule has 3 unspecified atom stereocenters. The largest absolute Gasteiger partial charge is 0.462 e. The van der Waals surface area contributed by atoms with E-state index in [-0.39, 0.29) is 17.7 Å². The normalized spacial score (nSPS) is 27.1. The van der Waals surface area contributed by atoms with Crippen molar-refractivity contribution in [1.29, 1.82) is 0 Å². The number of ether oxygens (including phenoxy) is 1. The number of aromatic nitrogens is 4. The smallest absolute Gasteiger partial charge is 0.336 e. The van der Waals surface area contributed by atoms with Crippen LogP contribution in [-0.2, 0) is 0 Å². The van der Waals surface area contributed by atoms with Crippen LogP contribution in [0.3, 0.4) is 0 Å². The molecule has 3 heterocycles. The van der Waals surface area contributed by atoms with E-state index in [0.29, 0.717) is 29.8 Å². The highest BCUT2D eigenvalue weighted by Crippen LogP contribution is 2.55. The van der Waals surface area contributed by atoms with Crippen LogP contribution >= 0.6 is 0 Å². The van der Waals surface area contributed by atoms with Gasteiger partial charge in [0.05, 0.1) is 18.5 Å². The average Bonchev–Trinajstić information content (AvgIpc) is 2.91. The Morgan fingerprint density at radius 1 is 1.48 bits per heavy atom. The molecule has 8 nitrogen and oxygen atoms in total. The molecule has 1 aliphatic carbocycles. The Hall–Kier alpha value is -1.93. The number of fused-ring (bicyclic) bond motifs is 2. The molecule has 1 saturated heterocycles. The van der Waals surface area contributed by atoms with Gasteiger partial charge in [-0.15, -0.1) is 5.10 Å². The van der Waals surface area contributed by atoms with E-state index in [1.807, 2.05) is 0 Å². The molecule has 0 bridgehead atoms. The van der Waals surface area contributed by atoms with Crippen LogP contribution in [0.25, 0.3) is 5.65 Å². The van der Waals surface area contributed by atoms with Crippen molar-refractivity contribution in [3.63, 3.8) is 0 Å². The number of nitrogens with zero attached hydrogens (tertiary/aromatic N) is 4. The lowest BCUT2D eigenvalue weighted by molar-refractivity contribution is 0.131. The lowest BCUT2D eigenvalue weighted by Crippen LogP contribution is -2.19. The van der Waals surface area contributed by atoms with E-state index in [4.69, 9.17) is 10.5 Å². The molecule has 124 valence electrons. The highest BCUT2D eigenvalue weighted by atomic mass is 16.5. The molecule has 3 atom stereocenters. The number of unbranched alkanes of at least 4 members (excludes halogenated alkanes) is 1. The quantitative estimate of drug-likeness (QED) is 0.660. The summed E-state index contributed by atoms with van der Waals surface area (Å²) in [5.41, 5.74) is 7.08. The molecule has 2 aromatic rings. The molecular weight excluding hydrogens is 296 g/mol. The Labute approximate surface area is 134 Å². The summed E-state index contributed by atoms with van der Waals surface area (Å²) in [6.45, 7) is 4.59. The molecule has 4 N–H and O–H groups in total. The van der Waals surface area contributed by atoms with E-state index in [0.717, 1.165) is 25.9 Å². The Balaban J connectivity index is 1.62. The minimum absolute atomic E-state index is 0.229. The van der Waals surface area contributed by atoms with E-state index in [9.17, 15) is 5.11 Å². The van der Waals surface area contributed by atoms with Gasteiger partial charge in [0.25, 0.3) is 0 Å². The third-order valence-corrected chi connectivity index (χ3v) is 4.95. The molecule has 0 aromatic carbocycles. The van der Waals surface area contributed by atoms with Crippen LogP contribution in [0.4, 0.5) is 5.82 Å². The number of hydrogen-bond donors (Lipinski definition) is 3. The van der Waals surface area contributed by atoms with Crippen LogP contribution in [0, 0.1) is 17.8 Å². The van der Waals surface area contributed by atoms with Gasteiger partial charge in [-0.3, -0.25) is 0 Å². The minimum atomic E-state index is -0.583. The summed E-state index contributed by atoms with van der Waals surface area (Å²) < 4.78 is 7.13. The molecule has 23 heavy (non-hydrogen) atoms. The second-order valence-electron chi connectivity index (χ2n) is 6.41. The van der Waals surface area contributed by atoms with Gasteiger partial charge in [-0.1, -0.05) is 13.3 Å². The molecule has 4 rings (SSSR count). The zero-order chi connectivity index (χ0) is 16.0. The number of nitrogen functional groups attached to an aromatic ring is 1. The molecule has 1 aliphatic heterocycles. The van der Waals surface area contributed by atoms with Crippen LogP contribution in [0.15, 0.2) is 6.20 Å². The number of aliphatic hydroxyl groups excluding tert-OH is 1. The first-order valence-electron chi connectivity index (χ1n) is 8.23. The first-order chi connectivity index (χ1) is 11.2. The summed E-state index contributed by atoms with van der Waals surface area (Å²) in [6, 6.07) is 0.229. The monoisotopic (exact) mass is 318 g/mol. The Morgan fingerprint density at radius 2 is 2.26 bits per heavy atom. The lowest BCUT2D eigenvalue weighted by Gasteiger charge is -2.13. The molecule has 1 saturated carbocycles. The number of hydrogen-bond acceptors (Lipinski definition) is 7. The molecule has 2 aliphatic rings. The first-order valence-corrected chi connectivity index (χ1v) is 8.23. The maximum atomic E-state index is 10.7. The van der Waals surface area contributed by atoms with Gasteiger partial charge in [0, 0.05) is 0 Å². The lowest BCUT2D eigenvalue weighted by atomic mass is 10.1. The van der Waals surface area contributed by atoms with Crippen molar-refractivity contribution >= 4 is 11.5 Å². The Bertz CT molecular complexity index is 707. The Kier molecular flexibility index (Phi) is 3.57. The first kappa shape index (κ1) is 14.6. The maximum absolute atomic E-state index is 10.7. The second-order valence-corrected chi connectivity index (χ2v) is 6.41. The van der Waals surface area contributed by atoms with Gasteiger partial charge in [-0.05, 0) is 37.3 Å². The summed E-state index contributed by atoms with van der Waals surface area (Å²) in [5.74, 6) is 1.64. The van der Waals surface area contributed by atoms with E-state index in [1.165, 1.54) is 0 Å². The summed E-state index contributed by atoms with van der Waals surface area (Å²) in [5, 5.41) is 18.4. The minimum Gasteiger partial charge on any atom is -0.462 e. The zero-order valence-electron chi connectivity index (χ0n) is 13.1. The molecule has 0 spiro atoms. The summed E-state index contributed by atoms with van der Waals surface area (Å²) in [4.78, 5) is 8.40. The molecule has 0 amide bonds. The van der Waals surface area contributed by atoms with Crippen LogP contribution in [0.1, 0.15) is 31.6 Å². The molecule has 0 radical (unpaired) electrons.